The second-order valence-corrected chi connectivity index (χ2v) is 4.94. The quantitative estimate of drug-likeness (QED) is 0.674. The lowest BCUT2D eigenvalue weighted by Crippen LogP contribution is -2.20. The summed E-state index contributed by atoms with van der Waals surface area (Å²) in [6, 6.07) is 11.2. The third-order valence-corrected chi connectivity index (χ3v) is 3.18. The number of nitro benzene ring substituents is 1. The summed E-state index contributed by atoms with van der Waals surface area (Å²) in [5.74, 6) is 0.0574. The topological polar surface area (TPSA) is 81.5 Å². The number of anilines is 1. The van der Waals surface area contributed by atoms with Crippen LogP contribution >= 0.6 is 11.6 Å². The fourth-order valence-electron chi connectivity index (χ4n) is 1.85. The van der Waals surface area contributed by atoms with E-state index >= 15 is 0 Å². The summed E-state index contributed by atoms with van der Waals surface area (Å²) in [6.45, 7) is 1.36. The molecule has 22 heavy (non-hydrogen) atoms. The molecule has 0 atom stereocenters. The zero-order chi connectivity index (χ0) is 16.1. The van der Waals surface area contributed by atoms with E-state index in [0.29, 0.717) is 22.0 Å². The molecule has 2 aromatic carbocycles. The van der Waals surface area contributed by atoms with E-state index in [0.717, 1.165) is 0 Å². The highest BCUT2D eigenvalue weighted by Crippen LogP contribution is 2.25. The number of nitrogens with one attached hydrogen (secondary N) is 1. The number of hydrogen-bond donors (Lipinski definition) is 1. The van der Waals surface area contributed by atoms with Crippen LogP contribution in [0.3, 0.4) is 0 Å². The molecule has 1 N–H and O–H groups in total. The number of nitro groups is 1. The van der Waals surface area contributed by atoms with Gasteiger partial charge in [0.05, 0.1) is 16.2 Å². The van der Waals surface area contributed by atoms with Crippen molar-refractivity contribution >= 4 is 28.9 Å². The smallest absolute Gasteiger partial charge is 0.274 e. The molecular weight excluding hydrogens is 308 g/mol. The van der Waals surface area contributed by atoms with Crippen molar-refractivity contribution in [2.75, 3.05) is 11.9 Å². The summed E-state index contributed by atoms with van der Waals surface area (Å²) >= 11 is 5.81. The highest BCUT2D eigenvalue weighted by molar-refractivity contribution is 6.30. The van der Waals surface area contributed by atoms with Crippen LogP contribution in [-0.4, -0.2) is 17.4 Å². The van der Waals surface area contributed by atoms with Crippen molar-refractivity contribution in [3.8, 4) is 5.75 Å². The van der Waals surface area contributed by atoms with Crippen molar-refractivity contribution in [3.05, 3.63) is 63.2 Å². The largest absolute Gasteiger partial charge is 0.484 e. The number of hydrogen-bond acceptors (Lipinski definition) is 4. The van der Waals surface area contributed by atoms with Gasteiger partial charge in [0.15, 0.2) is 6.61 Å². The molecule has 7 heteroatoms. The predicted octanol–water partition coefficient (Wildman–Crippen LogP) is 3.57. The van der Waals surface area contributed by atoms with Crippen molar-refractivity contribution in [2.24, 2.45) is 0 Å². The van der Waals surface area contributed by atoms with Crippen LogP contribution in [-0.2, 0) is 4.79 Å². The Balaban J connectivity index is 2.01. The maximum atomic E-state index is 11.9. The molecule has 0 saturated carbocycles. The Bertz CT molecular complexity index is 718. The van der Waals surface area contributed by atoms with Gasteiger partial charge in [0.1, 0.15) is 5.75 Å². The van der Waals surface area contributed by atoms with E-state index < -0.39 is 10.8 Å². The second kappa shape index (κ2) is 6.91. The molecule has 114 valence electrons. The van der Waals surface area contributed by atoms with E-state index in [2.05, 4.69) is 5.32 Å². The van der Waals surface area contributed by atoms with Crippen molar-refractivity contribution in [1.29, 1.82) is 0 Å². The SMILES string of the molecule is Cc1c(NC(=O)COc2cccc(Cl)c2)cccc1[N+](=O)[O-]. The van der Waals surface area contributed by atoms with Gasteiger partial charge in [-0.25, -0.2) is 0 Å². The molecule has 0 saturated heterocycles. The fourth-order valence-corrected chi connectivity index (χ4v) is 2.03. The minimum absolute atomic E-state index is 0.0476. The number of carbonyl (C=O) groups excluding carboxylic acids is 1. The van der Waals surface area contributed by atoms with Gasteiger partial charge in [0, 0.05) is 11.1 Å². The number of amides is 1. The minimum Gasteiger partial charge on any atom is -0.484 e. The summed E-state index contributed by atoms with van der Waals surface area (Å²) in [7, 11) is 0. The molecule has 2 rings (SSSR count). The molecule has 0 aliphatic carbocycles. The molecular formula is C15H13ClN2O4. The van der Waals surface area contributed by atoms with Crippen LogP contribution in [0.5, 0.6) is 5.75 Å². The van der Waals surface area contributed by atoms with E-state index in [9.17, 15) is 14.9 Å². The highest BCUT2D eigenvalue weighted by Gasteiger charge is 2.14. The van der Waals surface area contributed by atoms with E-state index in [1.807, 2.05) is 0 Å². The number of rotatable bonds is 5. The van der Waals surface area contributed by atoms with Crippen molar-refractivity contribution in [3.63, 3.8) is 0 Å². The highest BCUT2D eigenvalue weighted by atomic mass is 35.5. The lowest BCUT2D eigenvalue weighted by Gasteiger charge is -2.10. The van der Waals surface area contributed by atoms with E-state index in [1.165, 1.54) is 12.1 Å². The lowest BCUT2D eigenvalue weighted by atomic mass is 10.1. The normalized spacial score (nSPS) is 10.1. The van der Waals surface area contributed by atoms with Crippen LogP contribution in [0.25, 0.3) is 0 Å². The number of benzene rings is 2. The molecule has 2 aromatic rings. The van der Waals surface area contributed by atoms with Crippen LogP contribution < -0.4 is 10.1 Å². The zero-order valence-electron chi connectivity index (χ0n) is 11.7. The second-order valence-electron chi connectivity index (χ2n) is 4.50. The molecule has 0 fully saturated rings. The number of halogens is 1. The summed E-state index contributed by atoms with van der Waals surface area (Å²) in [5.41, 5.74) is 0.728. The predicted molar refractivity (Wildman–Crippen MR) is 83.4 cm³/mol. The molecule has 0 aliphatic rings. The van der Waals surface area contributed by atoms with Crippen molar-refractivity contribution < 1.29 is 14.5 Å². The first-order valence-electron chi connectivity index (χ1n) is 6.39. The molecule has 0 unspecified atom stereocenters. The third kappa shape index (κ3) is 3.95. The first-order chi connectivity index (χ1) is 10.5. The Labute approximate surface area is 131 Å². The Morgan fingerprint density at radius 1 is 1.32 bits per heavy atom. The summed E-state index contributed by atoms with van der Waals surface area (Å²) in [5, 5.41) is 14.0. The first-order valence-corrected chi connectivity index (χ1v) is 6.77. The fraction of sp³-hybridized carbons (Fsp3) is 0.133. The number of nitrogens with zero attached hydrogens (tertiary/aromatic N) is 1. The lowest BCUT2D eigenvalue weighted by molar-refractivity contribution is -0.385. The summed E-state index contributed by atoms with van der Waals surface area (Å²) in [4.78, 5) is 22.2. The van der Waals surface area contributed by atoms with Gasteiger partial charge in [-0.15, -0.1) is 0 Å². The molecule has 6 nitrogen and oxygen atoms in total. The summed E-state index contributed by atoms with van der Waals surface area (Å²) in [6.07, 6.45) is 0. The third-order valence-electron chi connectivity index (χ3n) is 2.94. The van der Waals surface area contributed by atoms with Gasteiger partial charge in [0.2, 0.25) is 0 Å². The van der Waals surface area contributed by atoms with Gasteiger partial charge in [-0.2, -0.15) is 0 Å². The average molecular weight is 321 g/mol. The Morgan fingerprint density at radius 3 is 2.73 bits per heavy atom. The molecule has 1 amide bonds. The van der Waals surface area contributed by atoms with E-state index in [1.54, 1.807) is 37.3 Å². The van der Waals surface area contributed by atoms with Crippen molar-refractivity contribution in [2.45, 2.75) is 6.92 Å². The number of ether oxygens (including phenoxy) is 1. The maximum Gasteiger partial charge on any atom is 0.274 e. The van der Waals surface area contributed by atoms with Gasteiger partial charge in [0.25, 0.3) is 11.6 Å². The van der Waals surface area contributed by atoms with Crippen LogP contribution in [0.15, 0.2) is 42.5 Å². The Kier molecular flexibility index (Phi) is 4.95. The molecule has 0 radical (unpaired) electrons. The van der Waals surface area contributed by atoms with Crippen LogP contribution in [0.2, 0.25) is 5.02 Å². The summed E-state index contributed by atoms with van der Waals surface area (Å²) < 4.78 is 5.31. The molecule has 0 spiro atoms. The van der Waals surface area contributed by atoms with E-state index in [4.69, 9.17) is 16.3 Å². The molecule has 0 heterocycles. The minimum atomic E-state index is -0.493. The van der Waals surface area contributed by atoms with Gasteiger partial charge in [-0.05, 0) is 31.2 Å². The van der Waals surface area contributed by atoms with Crippen LogP contribution in [0.4, 0.5) is 11.4 Å². The monoisotopic (exact) mass is 320 g/mol. The zero-order valence-corrected chi connectivity index (χ0v) is 12.5. The van der Waals surface area contributed by atoms with E-state index in [-0.39, 0.29) is 12.3 Å². The van der Waals surface area contributed by atoms with Gasteiger partial charge >= 0.3 is 0 Å². The molecule has 0 bridgehead atoms. The molecule has 0 aromatic heterocycles. The van der Waals surface area contributed by atoms with Gasteiger partial charge in [-0.3, -0.25) is 14.9 Å². The van der Waals surface area contributed by atoms with Crippen molar-refractivity contribution in [1.82, 2.24) is 0 Å². The van der Waals surface area contributed by atoms with Crippen LogP contribution in [0, 0.1) is 17.0 Å². The first kappa shape index (κ1) is 15.8. The Hall–Kier alpha value is -2.60. The van der Waals surface area contributed by atoms with Gasteiger partial charge in [-0.1, -0.05) is 23.7 Å². The van der Waals surface area contributed by atoms with Crippen LogP contribution in [0.1, 0.15) is 5.56 Å². The Morgan fingerprint density at radius 2 is 2.05 bits per heavy atom. The standard InChI is InChI=1S/C15H13ClN2O4/c1-10-13(6-3-7-14(10)18(20)21)17-15(19)9-22-12-5-2-4-11(16)8-12/h2-8H,9H2,1H3,(H,17,19). The average Bonchev–Trinajstić information content (AvgIpc) is 2.47. The number of carbonyl (C=O) groups is 1. The maximum absolute atomic E-state index is 11.9. The molecule has 0 aliphatic heterocycles. The van der Waals surface area contributed by atoms with Gasteiger partial charge < -0.3 is 10.1 Å².